The number of nitrogens with one attached hydrogen (secondary N) is 1. The first-order chi connectivity index (χ1) is 16.4. The largest absolute Gasteiger partial charge is 0.495 e. The van der Waals surface area contributed by atoms with Crippen LogP contribution in [0.4, 0.5) is 5.69 Å². The van der Waals surface area contributed by atoms with Crippen molar-refractivity contribution in [2.24, 2.45) is 0 Å². The molecule has 0 spiro atoms. The predicted molar refractivity (Wildman–Crippen MR) is 138 cm³/mol. The summed E-state index contributed by atoms with van der Waals surface area (Å²) in [5.41, 5.74) is 5.86. The molecule has 0 radical (unpaired) electrons. The van der Waals surface area contributed by atoms with Gasteiger partial charge >= 0.3 is 0 Å². The van der Waals surface area contributed by atoms with Crippen LogP contribution in [-0.4, -0.2) is 19.6 Å². The van der Waals surface area contributed by atoms with E-state index in [2.05, 4.69) is 5.32 Å². The summed E-state index contributed by atoms with van der Waals surface area (Å²) in [7, 11) is 1.58. The number of allylic oxidation sites excluding steroid dienone is 1. The Hall–Kier alpha value is -3.70. The van der Waals surface area contributed by atoms with Gasteiger partial charge in [-0.15, -0.1) is 0 Å². The van der Waals surface area contributed by atoms with Gasteiger partial charge in [-0.2, -0.15) is 0 Å². The summed E-state index contributed by atoms with van der Waals surface area (Å²) < 4.78 is 17.1. The molecular formula is C28H26ClNO4. The fourth-order valence-electron chi connectivity index (χ4n) is 3.85. The average molecular weight is 476 g/mol. The predicted octanol–water partition coefficient (Wildman–Crippen LogP) is 7.51. The molecule has 4 rings (SSSR count). The van der Waals surface area contributed by atoms with E-state index in [9.17, 15) is 4.79 Å². The van der Waals surface area contributed by atoms with Crippen LogP contribution in [0.2, 0.25) is 5.02 Å². The van der Waals surface area contributed by atoms with Crippen molar-refractivity contribution in [3.05, 3.63) is 83.1 Å². The number of benzene rings is 3. The van der Waals surface area contributed by atoms with Gasteiger partial charge in [0.1, 0.15) is 17.1 Å². The summed E-state index contributed by atoms with van der Waals surface area (Å²) in [5, 5.41) is 4.51. The number of fused-ring (bicyclic) bond motifs is 1. The number of rotatable bonds is 7. The van der Waals surface area contributed by atoms with Crippen LogP contribution in [0.5, 0.6) is 11.5 Å². The minimum absolute atomic E-state index is 0.255. The first-order valence-corrected chi connectivity index (χ1v) is 11.4. The lowest BCUT2D eigenvalue weighted by Gasteiger charge is -2.13. The molecule has 1 aromatic heterocycles. The van der Waals surface area contributed by atoms with Gasteiger partial charge in [0.15, 0.2) is 0 Å². The van der Waals surface area contributed by atoms with Gasteiger partial charge in [-0.25, -0.2) is 0 Å². The lowest BCUT2D eigenvalue weighted by atomic mass is 9.99. The number of carbonyl (C=O) groups is 1. The number of carbonyl (C=O) groups excluding carboxylic acids is 1. The summed E-state index contributed by atoms with van der Waals surface area (Å²) >= 11 is 6.05. The highest BCUT2D eigenvalue weighted by Crippen LogP contribution is 2.38. The molecular weight excluding hydrogens is 450 g/mol. The molecule has 1 amide bonds. The van der Waals surface area contributed by atoms with E-state index in [1.54, 1.807) is 19.4 Å². The first-order valence-electron chi connectivity index (χ1n) is 11.0. The number of hydrogen-bond acceptors (Lipinski definition) is 4. The van der Waals surface area contributed by atoms with E-state index in [4.69, 9.17) is 25.5 Å². The molecule has 5 nitrogen and oxygen atoms in total. The number of hydrogen-bond donors (Lipinski definition) is 1. The number of amides is 1. The molecule has 1 heterocycles. The lowest BCUT2D eigenvalue weighted by molar-refractivity contribution is -0.111. The van der Waals surface area contributed by atoms with Crippen molar-refractivity contribution < 1.29 is 18.7 Å². The minimum atomic E-state index is -0.255. The van der Waals surface area contributed by atoms with E-state index in [1.807, 2.05) is 75.4 Å². The van der Waals surface area contributed by atoms with Crippen molar-refractivity contribution in [3.63, 3.8) is 0 Å². The molecule has 3 aromatic carbocycles. The second-order valence-electron chi connectivity index (χ2n) is 7.95. The number of anilines is 1. The van der Waals surface area contributed by atoms with Gasteiger partial charge in [0.2, 0.25) is 5.91 Å². The molecule has 174 valence electrons. The van der Waals surface area contributed by atoms with Gasteiger partial charge in [-0.3, -0.25) is 4.79 Å². The zero-order valence-electron chi connectivity index (χ0n) is 19.6. The van der Waals surface area contributed by atoms with Crippen LogP contribution in [0.3, 0.4) is 0 Å². The number of methoxy groups -OCH3 is 1. The third kappa shape index (κ3) is 4.95. The van der Waals surface area contributed by atoms with Crippen LogP contribution >= 0.6 is 11.6 Å². The summed E-state index contributed by atoms with van der Waals surface area (Å²) in [6.45, 7) is 6.26. The van der Waals surface area contributed by atoms with Crippen LogP contribution in [-0.2, 0) is 4.79 Å². The molecule has 0 bridgehead atoms. The van der Waals surface area contributed by atoms with Crippen LogP contribution in [0.1, 0.15) is 25.0 Å². The maximum Gasteiger partial charge on any atom is 0.248 e. The Labute approximate surface area is 203 Å². The van der Waals surface area contributed by atoms with E-state index >= 15 is 0 Å². The summed E-state index contributed by atoms with van der Waals surface area (Å²) in [5.74, 6) is 1.00. The van der Waals surface area contributed by atoms with E-state index in [0.29, 0.717) is 34.4 Å². The van der Waals surface area contributed by atoms with Crippen LogP contribution < -0.4 is 14.8 Å². The first kappa shape index (κ1) is 23.5. The fraction of sp³-hybridized carbons (Fsp3) is 0.179. The molecule has 0 atom stereocenters. The van der Waals surface area contributed by atoms with Gasteiger partial charge in [-0.1, -0.05) is 29.8 Å². The Morgan fingerprint density at radius 2 is 1.85 bits per heavy atom. The van der Waals surface area contributed by atoms with Crippen LogP contribution in [0.15, 0.2) is 71.4 Å². The van der Waals surface area contributed by atoms with Crippen molar-refractivity contribution in [1.29, 1.82) is 0 Å². The molecule has 4 aromatic rings. The number of ether oxygens (including phenoxy) is 2. The number of aryl methyl sites for hydroxylation is 1. The monoisotopic (exact) mass is 475 g/mol. The number of furan rings is 1. The maximum absolute atomic E-state index is 12.9. The Bertz CT molecular complexity index is 1370. The van der Waals surface area contributed by atoms with Gasteiger partial charge in [0, 0.05) is 33.7 Å². The molecule has 0 saturated heterocycles. The fourth-order valence-corrected chi connectivity index (χ4v) is 3.98. The van der Waals surface area contributed by atoms with E-state index in [1.165, 1.54) is 0 Å². The van der Waals surface area contributed by atoms with E-state index in [-0.39, 0.29) is 5.91 Å². The molecule has 6 heteroatoms. The lowest BCUT2D eigenvalue weighted by Crippen LogP contribution is -2.10. The molecule has 34 heavy (non-hydrogen) atoms. The van der Waals surface area contributed by atoms with Crippen molar-refractivity contribution in [1.82, 2.24) is 0 Å². The van der Waals surface area contributed by atoms with Gasteiger partial charge in [0.25, 0.3) is 0 Å². The standard InChI is InChI=1S/C28H26ClNO4/c1-5-33-26-15-27-22(23(16-34-27)19-7-9-20(29)10-8-19)14-21(26)18(3)13-28(31)30-24-12-17(2)6-11-25(24)32-4/h6-16H,5H2,1-4H3,(H,30,31)/b18-13+. The topological polar surface area (TPSA) is 60.7 Å². The van der Waals surface area contributed by atoms with Crippen molar-refractivity contribution in [2.75, 3.05) is 19.0 Å². The van der Waals surface area contributed by atoms with Gasteiger partial charge in [0.05, 0.1) is 25.7 Å². The Morgan fingerprint density at radius 3 is 2.56 bits per heavy atom. The highest BCUT2D eigenvalue weighted by atomic mass is 35.5. The zero-order valence-corrected chi connectivity index (χ0v) is 20.3. The van der Waals surface area contributed by atoms with Crippen LogP contribution in [0.25, 0.3) is 27.7 Å². The number of halogens is 1. The molecule has 0 unspecified atom stereocenters. The summed E-state index contributed by atoms with van der Waals surface area (Å²) in [6.07, 6.45) is 3.29. The summed E-state index contributed by atoms with van der Waals surface area (Å²) in [4.78, 5) is 12.9. The highest BCUT2D eigenvalue weighted by Gasteiger charge is 2.16. The van der Waals surface area contributed by atoms with E-state index in [0.717, 1.165) is 33.2 Å². The third-order valence-corrected chi connectivity index (χ3v) is 5.77. The highest BCUT2D eigenvalue weighted by molar-refractivity contribution is 6.30. The Balaban J connectivity index is 1.72. The molecule has 0 aliphatic carbocycles. The quantitative estimate of drug-likeness (QED) is 0.281. The SMILES string of the molecule is CCOc1cc2occ(-c3ccc(Cl)cc3)c2cc1/C(C)=C/C(=O)Nc1cc(C)ccc1OC. The second kappa shape index (κ2) is 10.1. The maximum atomic E-state index is 12.9. The van der Waals surface area contributed by atoms with E-state index < -0.39 is 0 Å². The Kier molecular flexibility index (Phi) is 6.94. The molecule has 0 fully saturated rings. The smallest absolute Gasteiger partial charge is 0.248 e. The van der Waals surface area contributed by atoms with Crippen molar-refractivity contribution >= 4 is 39.7 Å². The Morgan fingerprint density at radius 1 is 1.09 bits per heavy atom. The minimum Gasteiger partial charge on any atom is -0.495 e. The average Bonchev–Trinajstić information content (AvgIpc) is 3.22. The summed E-state index contributed by atoms with van der Waals surface area (Å²) in [6, 6.07) is 17.1. The van der Waals surface area contributed by atoms with Gasteiger partial charge < -0.3 is 19.2 Å². The second-order valence-corrected chi connectivity index (χ2v) is 8.39. The van der Waals surface area contributed by atoms with Crippen molar-refractivity contribution in [2.45, 2.75) is 20.8 Å². The zero-order chi connectivity index (χ0) is 24.2. The van der Waals surface area contributed by atoms with Gasteiger partial charge in [-0.05, 0) is 67.8 Å². The molecule has 0 aliphatic heterocycles. The van der Waals surface area contributed by atoms with Crippen LogP contribution in [0, 0.1) is 6.92 Å². The normalized spacial score (nSPS) is 11.5. The molecule has 0 aliphatic rings. The molecule has 1 N–H and O–H groups in total. The van der Waals surface area contributed by atoms with Crippen molar-refractivity contribution in [3.8, 4) is 22.6 Å². The molecule has 0 saturated carbocycles. The third-order valence-electron chi connectivity index (χ3n) is 5.52.